The topological polar surface area (TPSA) is 66.1 Å². The van der Waals surface area contributed by atoms with E-state index in [-0.39, 0.29) is 5.03 Å². The quantitative estimate of drug-likeness (QED) is 0.854. The number of H-pyrrole nitrogens is 1. The normalized spacial score (nSPS) is 23.4. The molecule has 0 amide bonds. The molecule has 5 nitrogen and oxygen atoms in total. The number of aromatic nitrogens is 2. The van der Waals surface area contributed by atoms with Gasteiger partial charge in [0.05, 0.1) is 12.5 Å². The minimum Gasteiger partial charge on any atom is -0.335 e. The van der Waals surface area contributed by atoms with E-state index >= 15 is 0 Å². The van der Waals surface area contributed by atoms with Crippen molar-refractivity contribution < 1.29 is 8.42 Å². The van der Waals surface area contributed by atoms with Gasteiger partial charge in [0, 0.05) is 18.4 Å². The van der Waals surface area contributed by atoms with Crippen LogP contribution in [0.15, 0.2) is 17.6 Å². The Morgan fingerprint density at radius 2 is 2.44 bits per heavy atom. The van der Waals surface area contributed by atoms with Gasteiger partial charge in [-0.3, -0.25) is 0 Å². The summed E-state index contributed by atoms with van der Waals surface area (Å²) in [4.78, 5) is 6.41. The molecular formula is C9H14BrN3O2S. The van der Waals surface area contributed by atoms with Gasteiger partial charge >= 0.3 is 0 Å². The smallest absolute Gasteiger partial charge is 0.260 e. The predicted octanol–water partition coefficient (Wildman–Crippen LogP) is 1.21. The first-order valence-electron chi connectivity index (χ1n) is 5.19. The molecule has 2 rings (SSSR count). The average Bonchev–Trinajstić information content (AvgIpc) is 2.83. The lowest BCUT2D eigenvalue weighted by molar-refractivity contribution is 0.285. The third kappa shape index (κ3) is 2.31. The van der Waals surface area contributed by atoms with Crippen LogP contribution in [0.1, 0.15) is 12.8 Å². The molecule has 1 atom stereocenters. The summed E-state index contributed by atoms with van der Waals surface area (Å²) < 4.78 is 25.8. The molecule has 1 aliphatic rings. The van der Waals surface area contributed by atoms with Crippen LogP contribution in [-0.2, 0) is 10.0 Å². The fourth-order valence-corrected chi connectivity index (χ4v) is 3.87. The number of aromatic amines is 1. The van der Waals surface area contributed by atoms with Crippen LogP contribution in [0.4, 0.5) is 0 Å². The summed E-state index contributed by atoms with van der Waals surface area (Å²) in [7, 11) is -3.37. The van der Waals surface area contributed by atoms with Crippen molar-refractivity contribution in [2.75, 3.05) is 18.4 Å². The van der Waals surface area contributed by atoms with Crippen LogP contribution >= 0.6 is 15.9 Å². The maximum absolute atomic E-state index is 12.1. The SMILES string of the molecule is O=S(=O)(c1cnc[nH]1)N1CCCC(CBr)C1. The fourth-order valence-electron chi connectivity index (χ4n) is 1.89. The van der Waals surface area contributed by atoms with Crippen molar-refractivity contribution in [3.05, 3.63) is 12.5 Å². The first kappa shape index (κ1) is 12.1. The van der Waals surface area contributed by atoms with Gasteiger partial charge in [-0.25, -0.2) is 13.4 Å². The van der Waals surface area contributed by atoms with Crippen molar-refractivity contribution in [1.82, 2.24) is 14.3 Å². The number of nitrogens with zero attached hydrogens (tertiary/aromatic N) is 2. The molecule has 1 aliphatic heterocycles. The van der Waals surface area contributed by atoms with Gasteiger partial charge in [-0.2, -0.15) is 4.31 Å². The Bertz CT molecular complexity index is 432. The first-order chi connectivity index (χ1) is 7.64. The van der Waals surface area contributed by atoms with E-state index in [0.29, 0.717) is 19.0 Å². The molecule has 2 heterocycles. The Kier molecular flexibility index (Phi) is 3.66. The Morgan fingerprint density at radius 3 is 3.06 bits per heavy atom. The number of hydrogen-bond acceptors (Lipinski definition) is 3. The van der Waals surface area contributed by atoms with Gasteiger partial charge in [-0.15, -0.1) is 0 Å². The average molecular weight is 308 g/mol. The van der Waals surface area contributed by atoms with Gasteiger partial charge in [0.1, 0.15) is 0 Å². The minimum atomic E-state index is -3.37. The number of imidazole rings is 1. The molecular weight excluding hydrogens is 294 g/mol. The summed E-state index contributed by atoms with van der Waals surface area (Å²) in [6, 6.07) is 0. The third-order valence-corrected chi connectivity index (χ3v) is 5.50. The molecule has 1 fully saturated rings. The molecule has 0 radical (unpaired) electrons. The molecule has 1 N–H and O–H groups in total. The van der Waals surface area contributed by atoms with E-state index in [2.05, 4.69) is 25.9 Å². The summed E-state index contributed by atoms with van der Waals surface area (Å²) in [6.45, 7) is 1.19. The summed E-state index contributed by atoms with van der Waals surface area (Å²) in [6.07, 6.45) is 4.75. The van der Waals surface area contributed by atoms with E-state index < -0.39 is 10.0 Å². The Balaban J connectivity index is 2.18. The van der Waals surface area contributed by atoms with Gasteiger partial charge in [-0.1, -0.05) is 15.9 Å². The van der Waals surface area contributed by atoms with Crippen molar-refractivity contribution in [2.24, 2.45) is 5.92 Å². The van der Waals surface area contributed by atoms with Crippen LogP contribution in [0, 0.1) is 5.92 Å². The first-order valence-corrected chi connectivity index (χ1v) is 7.75. The molecule has 1 saturated heterocycles. The van der Waals surface area contributed by atoms with E-state index in [1.807, 2.05) is 0 Å². The summed E-state index contributed by atoms with van der Waals surface area (Å²) in [5.74, 6) is 0.409. The van der Waals surface area contributed by atoms with Crippen molar-refractivity contribution in [3.8, 4) is 0 Å². The number of halogens is 1. The molecule has 7 heteroatoms. The number of piperidine rings is 1. The molecule has 1 aromatic heterocycles. The molecule has 0 saturated carbocycles. The minimum absolute atomic E-state index is 0.183. The van der Waals surface area contributed by atoms with Crippen LogP contribution in [0.25, 0.3) is 0 Å². The van der Waals surface area contributed by atoms with Crippen LogP contribution in [0.3, 0.4) is 0 Å². The van der Waals surface area contributed by atoms with Gasteiger partial charge in [0.15, 0.2) is 5.03 Å². The van der Waals surface area contributed by atoms with Crippen LogP contribution in [0.2, 0.25) is 0 Å². The fraction of sp³-hybridized carbons (Fsp3) is 0.667. The highest BCUT2D eigenvalue weighted by Gasteiger charge is 2.30. The number of hydrogen-bond donors (Lipinski definition) is 1. The highest BCUT2D eigenvalue weighted by molar-refractivity contribution is 9.09. The standard InChI is InChI=1S/C9H14BrN3O2S/c10-4-8-2-1-3-13(6-8)16(14,15)9-5-11-7-12-9/h5,7-8H,1-4,6H2,(H,11,12). The zero-order chi connectivity index (χ0) is 11.6. The third-order valence-electron chi connectivity index (χ3n) is 2.79. The van der Waals surface area contributed by atoms with Gasteiger partial charge in [0.25, 0.3) is 10.0 Å². The van der Waals surface area contributed by atoms with E-state index in [1.54, 1.807) is 0 Å². The van der Waals surface area contributed by atoms with E-state index in [0.717, 1.165) is 18.2 Å². The van der Waals surface area contributed by atoms with Crippen molar-refractivity contribution >= 4 is 26.0 Å². The highest BCUT2D eigenvalue weighted by Crippen LogP contribution is 2.23. The van der Waals surface area contributed by atoms with Gasteiger partial charge in [0.2, 0.25) is 0 Å². The number of sulfonamides is 1. The van der Waals surface area contributed by atoms with Gasteiger partial charge in [-0.05, 0) is 18.8 Å². The highest BCUT2D eigenvalue weighted by atomic mass is 79.9. The Morgan fingerprint density at radius 1 is 1.62 bits per heavy atom. The lowest BCUT2D eigenvalue weighted by Crippen LogP contribution is -2.40. The molecule has 0 aromatic carbocycles. The van der Waals surface area contributed by atoms with Crippen molar-refractivity contribution in [2.45, 2.75) is 17.9 Å². The van der Waals surface area contributed by atoms with Crippen molar-refractivity contribution in [3.63, 3.8) is 0 Å². The summed E-state index contributed by atoms with van der Waals surface area (Å²) in [5, 5.41) is 1.03. The maximum Gasteiger partial charge on any atom is 0.260 e. The van der Waals surface area contributed by atoms with Crippen LogP contribution in [-0.4, -0.2) is 41.1 Å². The summed E-state index contributed by atoms with van der Waals surface area (Å²) in [5.41, 5.74) is 0. The monoisotopic (exact) mass is 307 g/mol. The molecule has 0 bridgehead atoms. The number of rotatable bonds is 3. The van der Waals surface area contributed by atoms with E-state index in [1.165, 1.54) is 16.8 Å². The lowest BCUT2D eigenvalue weighted by Gasteiger charge is -2.30. The molecule has 90 valence electrons. The number of nitrogens with one attached hydrogen (secondary N) is 1. The zero-order valence-corrected chi connectivity index (χ0v) is 11.2. The molecule has 0 aliphatic carbocycles. The molecule has 1 unspecified atom stereocenters. The van der Waals surface area contributed by atoms with E-state index in [9.17, 15) is 8.42 Å². The van der Waals surface area contributed by atoms with Crippen LogP contribution in [0.5, 0.6) is 0 Å². The van der Waals surface area contributed by atoms with E-state index in [4.69, 9.17) is 0 Å². The largest absolute Gasteiger partial charge is 0.335 e. The molecule has 1 aromatic rings. The molecule has 16 heavy (non-hydrogen) atoms. The van der Waals surface area contributed by atoms with Gasteiger partial charge < -0.3 is 4.98 Å². The number of alkyl halides is 1. The zero-order valence-electron chi connectivity index (χ0n) is 8.76. The van der Waals surface area contributed by atoms with Crippen molar-refractivity contribution in [1.29, 1.82) is 0 Å². The summed E-state index contributed by atoms with van der Waals surface area (Å²) >= 11 is 3.41. The predicted molar refractivity (Wildman–Crippen MR) is 63.9 cm³/mol. The molecule has 0 spiro atoms. The Hall–Kier alpha value is -0.400. The van der Waals surface area contributed by atoms with Crippen LogP contribution < -0.4 is 0 Å². The second-order valence-corrected chi connectivity index (χ2v) is 6.50. The Labute approximate surface area is 103 Å². The maximum atomic E-state index is 12.1. The second kappa shape index (κ2) is 4.85. The lowest BCUT2D eigenvalue weighted by atomic mass is 10.0. The second-order valence-electron chi connectivity index (χ2n) is 3.94.